The predicted octanol–water partition coefficient (Wildman–Crippen LogP) is 2.04. The average molecular weight is 249 g/mol. The van der Waals surface area contributed by atoms with Gasteiger partial charge in [0, 0.05) is 25.6 Å². The highest BCUT2D eigenvalue weighted by Crippen LogP contribution is 2.28. The van der Waals surface area contributed by atoms with Crippen LogP contribution in [0.5, 0.6) is 0 Å². The molecule has 0 aromatic heterocycles. The SMILES string of the molecule is CC(CC(=O)N1CCC(N)C1)C(C)(C)C.Cl. The maximum absolute atomic E-state index is 11.9. The molecule has 1 amide bonds. The molecule has 0 aliphatic carbocycles. The molecule has 3 nitrogen and oxygen atoms in total. The number of halogens is 1. The lowest BCUT2D eigenvalue weighted by Gasteiger charge is -2.28. The standard InChI is InChI=1S/C12H24N2O.ClH/c1-9(12(2,3)4)7-11(15)14-6-5-10(13)8-14;/h9-10H,5-8,13H2,1-4H3;1H. The fourth-order valence-corrected chi connectivity index (χ4v) is 1.71. The smallest absolute Gasteiger partial charge is 0.222 e. The minimum atomic E-state index is 0. The molecule has 1 aliphatic heterocycles. The molecule has 0 saturated carbocycles. The van der Waals surface area contributed by atoms with Crippen molar-refractivity contribution in [2.75, 3.05) is 13.1 Å². The van der Waals surface area contributed by atoms with Crippen LogP contribution < -0.4 is 5.73 Å². The summed E-state index contributed by atoms with van der Waals surface area (Å²) >= 11 is 0. The van der Waals surface area contributed by atoms with E-state index in [-0.39, 0.29) is 29.8 Å². The monoisotopic (exact) mass is 248 g/mol. The largest absolute Gasteiger partial charge is 0.341 e. The van der Waals surface area contributed by atoms with Gasteiger partial charge in [0.1, 0.15) is 0 Å². The molecule has 2 N–H and O–H groups in total. The first-order valence-corrected chi connectivity index (χ1v) is 5.84. The highest BCUT2D eigenvalue weighted by atomic mass is 35.5. The molecular formula is C12H25ClN2O. The number of carbonyl (C=O) groups is 1. The lowest BCUT2D eigenvalue weighted by molar-refractivity contribution is -0.131. The van der Waals surface area contributed by atoms with Crippen molar-refractivity contribution >= 4 is 18.3 Å². The first-order chi connectivity index (χ1) is 6.80. The number of hydrogen-bond acceptors (Lipinski definition) is 2. The van der Waals surface area contributed by atoms with Gasteiger partial charge in [-0.2, -0.15) is 0 Å². The maximum Gasteiger partial charge on any atom is 0.222 e. The van der Waals surface area contributed by atoms with Gasteiger partial charge in [-0.25, -0.2) is 0 Å². The van der Waals surface area contributed by atoms with E-state index in [2.05, 4.69) is 27.7 Å². The molecular weight excluding hydrogens is 224 g/mol. The Bertz CT molecular complexity index is 238. The Hall–Kier alpha value is -0.280. The van der Waals surface area contributed by atoms with Crippen LogP contribution >= 0.6 is 12.4 Å². The molecule has 2 atom stereocenters. The number of carbonyl (C=O) groups excluding carboxylic acids is 1. The van der Waals surface area contributed by atoms with E-state index in [0.717, 1.165) is 19.5 Å². The third-order valence-electron chi connectivity index (χ3n) is 3.54. The maximum atomic E-state index is 11.9. The molecule has 1 fully saturated rings. The quantitative estimate of drug-likeness (QED) is 0.813. The van der Waals surface area contributed by atoms with E-state index in [1.54, 1.807) is 0 Å². The van der Waals surface area contributed by atoms with Crippen molar-refractivity contribution < 1.29 is 4.79 Å². The number of rotatable bonds is 2. The molecule has 1 aliphatic rings. The van der Waals surface area contributed by atoms with Crippen LogP contribution in [0.25, 0.3) is 0 Å². The van der Waals surface area contributed by atoms with Crippen LogP contribution in [0.4, 0.5) is 0 Å². The van der Waals surface area contributed by atoms with Crippen molar-refractivity contribution in [1.82, 2.24) is 4.90 Å². The van der Waals surface area contributed by atoms with Crippen LogP contribution in [-0.2, 0) is 4.79 Å². The predicted molar refractivity (Wildman–Crippen MR) is 69.7 cm³/mol. The average Bonchev–Trinajstić information content (AvgIpc) is 2.50. The Labute approximate surface area is 105 Å². The van der Waals surface area contributed by atoms with E-state index >= 15 is 0 Å². The Balaban J connectivity index is 0.00000225. The number of hydrogen-bond donors (Lipinski definition) is 1. The minimum Gasteiger partial charge on any atom is -0.341 e. The third kappa shape index (κ3) is 4.30. The zero-order chi connectivity index (χ0) is 11.6. The van der Waals surface area contributed by atoms with Crippen LogP contribution in [0.1, 0.15) is 40.5 Å². The van der Waals surface area contributed by atoms with Gasteiger partial charge in [0.05, 0.1) is 0 Å². The molecule has 1 saturated heterocycles. The normalized spacial score (nSPS) is 22.8. The fraction of sp³-hybridized carbons (Fsp3) is 0.917. The summed E-state index contributed by atoms with van der Waals surface area (Å²) in [7, 11) is 0. The molecule has 0 radical (unpaired) electrons. The van der Waals surface area contributed by atoms with Crippen LogP contribution in [0.15, 0.2) is 0 Å². The van der Waals surface area contributed by atoms with E-state index in [1.165, 1.54) is 0 Å². The summed E-state index contributed by atoms with van der Waals surface area (Å²) in [5.74, 6) is 0.687. The Morgan fingerprint density at radius 2 is 2.06 bits per heavy atom. The summed E-state index contributed by atoms with van der Waals surface area (Å²) in [6, 6.07) is 0.193. The minimum absolute atomic E-state index is 0. The Kier molecular flexibility index (Phi) is 5.77. The lowest BCUT2D eigenvalue weighted by Crippen LogP contribution is -2.34. The lowest BCUT2D eigenvalue weighted by atomic mass is 9.80. The van der Waals surface area contributed by atoms with Crippen molar-refractivity contribution in [3.8, 4) is 0 Å². The first kappa shape index (κ1) is 15.7. The molecule has 0 aromatic carbocycles. The number of likely N-dealkylation sites (tertiary alicyclic amines) is 1. The van der Waals surface area contributed by atoms with Gasteiger partial charge in [0.25, 0.3) is 0 Å². The summed E-state index contributed by atoms with van der Waals surface area (Å²) in [6.45, 7) is 10.3. The molecule has 1 rings (SSSR count). The molecule has 0 bridgehead atoms. The summed E-state index contributed by atoms with van der Waals surface area (Å²) < 4.78 is 0. The van der Waals surface area contributed by atoms with Gasteiger partial charge >= 0.3 is 0 Å². The van der Waals surface area contributed by atoms with Gasteiger partial charge < -0.3 is 10.6 Å². The second-order valence-electron chi connectivity index (χ2n) is 5.86. The van der Waals surface area contributed by atoms with Crippen LogP contribution in [0.2, 0.25) is 0 Å². The Morgan fingerprint density at radius 1 is 1.50 bits per heavy atom. The van der Waals surface area contributed by atoms with Crippen LogP contribution in [-0.4, -0.2) is 29.9 Å². The molecule has 1 heterocycles. The molecule has 96 valence electrons. The van der Waals surface area contributed by atoms with Gasteiger partial charge in [-0.3, -0.25) is 4.79 Å². The summed E-state index contributed by atoms with van der Waals surface area (Å²) in [5.41, 5.74) is 5.99. The topological polar surface area (TPSA) is 46.3 Å². The van der Waals surface area contributed by atoms with Crippen molar-refractivity contribution in [3.63, 3.8) is 0 Å². The summed E-state index contributed by atoms with van der Waals surface area (Å²) in [5, 5.41) is 0. The summed E-state index contributed by atoms with van der Waals surface area (Å²) in [4.78, 5) is 13.8. The Morgan fingerprint density at radius 3 is 2.44 bits per heavy atom. The van der Waals surface area contributed by atoms with Gasteiger partial charge in [-0.15, -0.1) is 12.4 Å². The number of nitrogens with zero attached hydrogens (tertiary/aromatic N) is 1. The zero-order valence-corrected chi connectivity index (χ0v) is 11.6. The molecule has 0 spiro atoms. The third-order valence-corrected chi connectivity index (χ3v) is 3.54. The molecule has 4 heteroatoms. The van der Waals surface area contributed by atoms with Crippen molar-refractivity contribution in [3.05, 3.63) is 0 Å². The summed E-state index contributed by atoms with van der Waals surface area (Å²) in [6.07, 6.45) is 1.60. The van der Waals surface area contributed by atoms with Crippen molar-refractivity contribution in [2.45, 2.75) is 46.6 Å². The van der Waals surface area contributed by atoms with Gasteiger partial charge in [0.15, 0.2) is 0 Å². The highest BCUT2D eigenvalue weighted by Gasteiger charge is 2.28. The van der Waals surface area contributed by atoms with Crippen LogP contribution in [0.3, 0.4) is 0 Å². The van der Waals surface area contributed by atoms with Gasteiger partial charge in [-0.1, -0.05) is 27.7 Å². The zero-order valence-electron chi connectivity index (χ0n) is 10.8. The van der Waals surface area contributed by atoms with Crippen LogP contribution in [0, 0.1) is 11.3 Å². The first-order valence-electron chi connectivity index (χ1n) is 5.84. The van der Waals surface area contributed by atoms with E-state index in [1.807, 2.05) is 4.90 Å². The van der Waals surface area contributed by atoms with Crippen molar-refractivity contribution in [1.29, 1.82) is 0 Å². The number of amides is 1. The van der Waals surface area contributed by atoms with E-state index < -0.39 is 0 Å². The second-order valence-corrected chi connectivity index (χ2v) is 5.86. The fourth-order valence-electron chi connectivity index (χ4n) is 1.71. The molecule has 2 unspecified atom stereocenters. The second kappa shape index (κ2) is 5.87. The van der Waals surface area contributed by atoms with Crippen molar-refractivity contribution in [2.24, 2.45) is 17.1 Å². The molecule has 0 aromatic rings. The molecule has 16 heavy (non-hydrogen) atoms. The number of nitrogens with two attached hydrogens (primary N) is 1. The van der Waals surface area contributed by atoms with Gasteiger partial charge in [-0.05, 0) is 17.8 Å². The highest BCUT2D eigenvalue weighted by molar-refractivity contribution is 5.85. The van der Waals surface area contributed by atoms with E-state index in [0.29, 0.717) is 12.3 Å². The van der Waals surface area contributed by atoms with Gasteiger partial charge in [0.2, 0.25) is 5.91 Å². The van der Waals surface area contributed by atoms with E-state index in [9.17, 15) is 4.79 Å². The van der Waals surface area contributed by atoms with E-state index in [4.69, 9.17) is 5.73 Å².